The fraction of sp³-hybridized carbons (Fsp3) is 0.333. The smallest absolute Gasteiger partial charge is 0.256 e. The molecule has 2 saturated heterocycles. The predicted molar refractivity (Wildman–Crippen MR) is 150 cm³/mol. The maximum Gasteiger partial charge on any atom is 0.256 e. The van der Waals surface area contributed by atoms with Crippen molar-refractivity contribution in [2.45, 2.75) is 25.7 Å². The standard InChI is InChI=1S/C30H29BrF2N4O3/c31-23-4-8-27(34-16-23)35-28(38)9-10-29(39)37-17-21-11-13-36(14-12-22(21)18-37)30(40)25-7-3-20(15-26(25)33)19-1-5-24(32)6-2-19/h1-8,15-16,21-22H,9-14,17-18H2,(H,34,35,38)/t21-,22+. The number of benzene rings is 2. The van der Waals surface area contributed by atoms with Gasteiger partial charge in [0, 0.05) is 49.7 Å². The molecule has 3 amide bonds. The topological polar surface area (TPSA) is 82.6 Å². The summed E-state index contributed by atoms with van der Waals surface area (Å²) < 4.78 is 29.0. The number of nitrogens with zero attached hydrogens (tertiary/aromatic N) is 3. The SMILES string of the molecule is O=C(CCC(=O)N1C[C@H]2CCN(C(=O)c3ccc(-c4ccc(F)cc4)cc3F)CC[C@H]2C1)Nc1ccc(Br)cn1. The van der Waals surface area contributed by atoms with Crippen molar-refractivity contribution in [1.82, 2.24) is 14.8 Å². The summed E-state index contributed by atoms with van der Waals surface area (Å²) in [5, 5.41) is 2.70. The normalized spacial score (nSPS) is 18.7. The van der Waals surface area contributed by atoms with Crippen LogP contribution in [-0.4, -0.2) is 58.7 Å². The van der Waals surface area contributed by atoms with E-state index in [1.165, 1.54) is 24.3 Å². The lowest BCUT2D eigenvalue weighted by Crippen LogP contribution is -2.34. The number of likely N-dealkylation sites (tertiary alicyclic amines) is 2. The predicted octanol–water partition coefficient (Wildman–Crippen LogP) is 5.52. The van der Waals surface area contributed by atoms with Crippen molar-refractivity contribution in [3.05, 3.63) is 82.5 Å². The molecule has 40 heavy (non-hydrogen) atoms. The zero-order chi connectivity index (χ0) is 28.2. The highest BCUT2D eigenvalue weighted by Crippen LogP contribution is 2.33. The third-order valence-corrected chi connectivity index (χ3v) is 8.16. The molecule has 2 fully saturated rings. The van der Waals surface area contributed by atoms with Gasteiger partial charge in [-0.05, 0) is 88.1 Å². The fourth-order valence-electron chi connectivity index (χ4n) is 5.47. The third kappa shape index (κ3) is 6.55. The molecule has 208 valence electrons. The first-order valence-corrected chi connectivity index (χ1v) is 14.1. The summed E-state index contributed by atoms with van der Waals surface area (Å²) in [5.41, 5.74) is 1.27. The van der Waals surface area contributed by atoms with Gasteiger partial charge in [-0.3, -0.25) is 14.4 Å². The lowest BCUT2D eigenvalue weighted by molar-refractivity contribution is -0.132. The Morgan fingerprint density at radius 3 is 2.17 bits per heavy atom. The molecule has 10 heteroatoms. The van der Waals surface area contributed by atoms with Crippen molar-refractivity contribution in [3.63, 3.8) is 0 Å². The molecule has 7 nitrogen and oxygen atoms in total. The number of nitrogens with one attached hydrogen (secondary N) is 1. The van der Waals surface area contributed by atoms with Crippen molar-refractivity contribution in [3.8, 4) is 11.1 Å². The number of carbonyl (C=O) groups is 3. The van der Waals surface area contributed by atoms with Gasteiger partial charge in [0.05, 0.1) is 5.56 Å². The van der Waals surface area contributed by atoms with Gasteiger partial charge in [-0.15, -0.1) is 0 Å². The number of halogens is 3. The van der Waals surface area contributed by atoms with Gasteiger partial charge in [0.2, 0.25) is 11.8 Å². The molecule has 5 rings (SSSR count). The number of rotatable bonds is 6. The van der Waals surface area contributed by atoms with Gasteiger partial charge in [0.25, 0.3) is 5.91 Å². The minimum atomic E-state index is -0.604. The van der Waals surface area contributed by atoms with Gasteiger partial charge in [-0.25, -0.2) is 13.8 Å². The number of amides is 3. The van der Waals surface area contributed by atoms with E-state index in [9.17, 15) is 23.2 Å². The van der Waals surface area contributed by atoms with E-state index in [-0.39, 0.29) is 53.8 Å². The molecule has 2 atom stereocenters. The molecule has 0 bridgehead atoms. The fourth-order valence-corrected chi connectivity index (χ4v) is 5.70. The summed E-state index contributed by atoms with van der Waals surface area (Å²) in [5.74, 6) is -0.678. The van der Waals surface area contributed by atoms with Crippen LogP contribution >= 0.6 is 15.9 Å². The maximum absolute atomic E-state index is 15.0. The molecule has 0 unspecified atom stereocenters. The summed E-state index contributed by atoms with van der Waals surface area (Å²) >= 11 is 3.30. The number of aromatic nitrogens is 1. The molecule has 0 spiro atoms. The molecule has 0 aliphatic carbocycles. The summed E-state index contributed by atoms with van der Waals surface area (Å²) in [7, 11) is 0. The second-order valence-corrected chi connectivity index (χ2v) is 11.2. The molecule has 2 aliphatic heterocycles. The average molecular weight is 611 g/mol. The Hall–Kier alpha value is -3.66. The van der Waals surface area contributed by atoms with Crippen LogP contribution in [0, 0.1) is 23.5 Å². The van der Waals surface area contributed by atoms with Gasteiger partial charge >= 0.3 is 0 Å². The van der Waals surface area contributed by atoms with Crippen LogP contribution in [0.5, 0.6) is 0 Å². The first kappa shape index (κ1) is 27.9. The van der Waals surface area contributed by atoms with Crippen molar-refractivity contribution < 1.29 is 23.2 Å². The largest absolute Gasteiger partial charge is 0.342 e. The van der Waals surface area contributed by atoms with Gasteiger partial charge < -0.3 is 15.1 Å². The van der Waals surface area contributed by atoms with Crippen molar-refractivity contribution in [2.75, 3.05) is 31.5 Å². The zero-order valence-corrected chi connectivity index (χ0v) is 23.4. The Balaban J connectivity index is 1.11. The van der Waals surface area contributed by atoms with E-state index in [0.29, 0.717) is 43.1 Å². The Bertz CT molecular complexity index is 1390. The van der Waals surface area contributed by atoms with E-state index >= 15 is 0 Å². The maximum atomic E-state index is 15.0. The van der Waals surface area contributed by atoms with Crippen LogP contribution in [-0.2, 0) is 9.59 Å². The zero-order valence-electron chi connectivity index (χ0n) is 21.8. The number of pyridine rings is 1. The molecule has 2 aromatic carbocycles. The molecule has 2 aliphatic rings. The molecule has 0 radical (unpaired) electrons. The lowest BCUT2D eigenvalue weighted by atomic mass is 9.92. The third-order valence-electron chi connectivity index (χ3n) is 7.69. The Morgan fingerprint density at radius 2 is 1.55 bits per heavy atom. The number of carbonyl (C=O) groups excluding carboxylic acids is 3. The number of hydrogen-bond donors (Lipinski definition) is 1. The highest BCUT2D eigenvalue weighted by Gasteiger charge is 2.37. The van der Waals surface area contributed by atoms with Crippen LogP contribution in [0.3, 0.4) is 0 Å². The first-order valence-electron chi connectivity index (χ1n) is 13.3. The Kier molecular flexibility index (Phi) is 8.54. The van der Waals surface area contributed by atoms with Crippen LogP contribution in [0.25, 0.3) is 11.1 Å². The number of anilines is 1. The summed E-state index contributed by atoms with van der Waals surface area (Å²) in [6, 6.07) is 13.7. The first-order chi connectivity index (χ1) is 19.3. The number of fused-ring (bicyclic) bond motifs is 1. The van der Waals surface area contributed by atoms with Gasteiger partial charge in [0.1, 0.15) is 17.5 Å². The van der Waals surface area contributed by atoms with Crippen molar-refractivity contribution >= 4 is 39.5 Å². The average Bonchev–Trinajstić information content (AvgIpc) is 3.26. The van der Waals surface area contributed by atoms with E-state index in [1.807, 2.05) is 4.90 Å². The minimum absolute atomic E-state index is 0.0198. The summed E-state index contributed by atoms with van der Waals surface area (Å²) in [6.07, 6.45) is 3.25. The van der Waals surface area contributed by atoms with Crippen molar-refractivity contribution in [2.24, 2.45) is 11.8 Å². The van der Waals surface area contributed by atoms with Crippen LogP contribution in [0.15, 0.2) is 65.3 Å². The van der Waals surface area contributed by atoms with Crippen LogP contribution < -0.4 is 5.32 Å². The van der Waals surface area contributed by atoms with Crippen LogP contribution in [0.4, 0.5) is 14.6 Å². The molecule has 3 aromatic rings. The van der Waals surface area contributed by atoms with E-state index < -0.39 is 5.82 Å². The summed E-state index contributed by atoms with van der Waals surface area (Å²) in [4.78, 5) is 45.9. The molecular formula is C30H29BrF2N4O3. The van der Waals surface area contributed by atoms with E-state index in [0.717, 1.165) is 17.3 Å². The second-order valence-electron chi connectivity index (χ2n) is 10.3. The van der Waals surface area contributed by atoms with Crippen LogP contribution in [0.1, 0.15) is 36.0 Å². The van der Waals surface area contributed by atoms with Crippen LogP contribution in [0.2, 0.25) is 0 Å². The van der Waals surface area contributed by atoms with Gasteiger partial charge in [0.15, 0.2) is 0 Å². The quantitative estimate of drug-likeness (QED) is 0.398. The molecular weight excluding hydrogens is 582 g/mol. The molecule has 1 aromatic heterocycles. The Morgan fingerprint density at radius 1 is 0.875 bits per heavy atom. The molecule has 1 N–H and O–H groups in total. The second kappa shape index (κ2) is 12.2. The molecule has 0 saturated carbocycles. The molecule has 3 heterocycles. The lowest BCUT2D eigenvalue weighted by Gasteiger charge is -2.23. The Labute approximate surface area is 239 Å². The van der Waals surface area contributed by atoms with E-state index in [1.54, 1.807) is 41.4 Å². The monoisotopic (exact) mass is 610 g/mol. The highest BCUT2D eigenvalue weighted by molar-refractivity contribution is 9.10. The number of hydrogen-bond acceptors (Lipinski definition) is 4. The van der Waals surface area contributed by atoms with E-state index in [2.05, 4.69) is 26.2 Å². The minimum Gasteiger partial charge on any atom is -0.342 e. The highest BCUT2D eigenvalue weighted by atomic mass is 79.9. The summed E-state index contributed by atoms with van der Waals surface area (Å²) in [6.45, 7) is 2.18. The van der Waals surface area contributed by atoms with Gasteiger partial charge in [-0.1, -0.05) is 18.2 Å². The van der Waals surface area contributed by atoms with E-state index in [4.69, 9.17) is 0 Å². The van der Waals surface area contributed by atoms with Crippen molar-refractivity contribution in [1.29, 1.82) is 0 Å². The van der Waals surface area contributed by atoms with Gasteiger partial charge in [-0.2, -0.15) is 0 Å².